The van der Waals surface area contributed by atoms with Gasteiger partial charge in [-0.15, -0.1) is 0 Å². The van der Waals surface area contributed by atoms with Crippen LogP contribution >= 0.6 is 22.6 Å². The van der Waals surface area contributed by atoms with Gasteiger partial charge in [0, 0.05) is 3.92 Å². The van der Waals surface area contributed by atoms with Crippen molar-refractivity contribution in [2.75, 3.05) is 0 Å². The Morgan fingerprint density at radius 1 is 1.36 bits per heavy atom. The smallest absolute Gasteiger partial charge is 0.404 e. The zero-order valence-corrected chi connectivity index (χ0v) is 8.41. The monoisotopic (exact) mass is 269 g/mol. The lowest BCUT2D eigenvalue weighted by atomic mass is 9.98. The van der Waals surface area contributed by atoms with E-state index < -0.39 is 6.09 Å². The second-order valence-electron chi connectivity index (χ2n) is 2.81. The summed E-state index contributed by atoms with van der Waals surface area (Å²) in [6.45, 7) is 0. The van der Waals surface area contributed by atoms with Crippen LogP contribution in [0.2, 0.25) is 0 Å². The number of ether oxygens (including phenoxy) is 1. The van der Waals surface area contributed by atoms with Crippen LogP contribution in [0.15, 0.2) is 0 Å². The SMILES string of the molecule is NC(=O)OC1CCC(I)CC1. The summed E-state index contributed by atoms with van der Waals surface area (Å²) in [5.74, 6) is 0. The third-order valence-corrected chi connectivity index (χ3v) is 3.13. The maximum atomic E-state index is 10.3. The predicted molar refractivity (Wildman–Crippen MR) is 50.7 cm³/mol. The summed E-state index contributed by atoms with van der Waals surface area (Å²) in [5, 5.41) is 0. The van der Waals surface area contributed by atoms with Gasteiger partial charge < -0.3 is 10.5 Å². The lowest BCUT2D eigenvalue weighted by Crippen LogP contribution is -2.27. The van der Waals surface area contributed by atoms with E-state index in [1.165, 1.54) is 0 Å². The van der Waals surface area contributed by atoms with Crippen molar-refractivity contribution in [2.45, 2.75) is 35.7 Å². The summed E-state index contributed by atoms with van der Waals surface area (Å²) < 4.78 is 5.63. The number of carbonyl (C=O) groups is 1. The molecular formula is C7H12INO2. The van der Waals surface area contributed by atoms with E-state index in [2.05, 4.69) is 22.6 Å². The standard InChI is InChI=1S/C7H12INO2/c8-5-1-3-6(4-2-5)11-7(9)10/h5-6H,1-4H2,(H2,9,10). The first-order valence-electron chi connectivity index (χ1n) is 3.78. The number of hydrogen-bond donors (Lipinski definition) is 1. The molecule has 2 N–H and O–H groups in total. The van der Waals surface area contributed by atoms with E-state index >= 15 is 0 Å². The van der Waals surface area contributed by atoms with E-state index in [9.17, 15) is 4.79 Å². The fraction of sp³-hybridized carbons (Fsp3) is 0.857. The Morgan fingerprint density at radius 2 is 1.91 bits per heavy atom. The summed E-state index contributed by atoms with van der Waals surface area (Å²) in [6.07, 6.45) is 3.66. The first kappa shape index (κ1) is 9.09. The summed E-state index contributed by atoms with van der Waals surface area (Å²) >= 11 is 2.43. The van der Waals surface area contributed by atoms with E-state index in [1.807, 2.05) is 0 Å². The molecule has 0 aromatic rings. The number of nitrogens with two attached hydrogens (primary N) is 1. The van der Waals surface area contributed by atoms with Crippen LogP contribution in [0.1, 0.15) is 25.7 Å². The molecule has 1 aliphatic carbocycles. The fourth-order valence-electron chi connectivity index (χ4n) is 1.30. The molecule has 1 aliphatic rings. The molecule has 1 amide bonds. The molecule has 1 rings (SSSR count). The first-order chi connectivity index (χ1) is 5.18. The van der Waals surface area contributed by atoms with Gasteiger partial charge in [0.1, 0.15) is 6.10 Å². The zero-order valence-electron chi connectivity index (χ0n) is 6.25. The first-order valence-corrected chi connectivity index (χ1v) is 5.03. The van der Waals surface area contributed by atoms with Gasteiger partial charge in [-0.2, -0.15) is 0 Å². The highest BCUT2D eigenvalue weighted by Gasteiger charge is 2.20. The summed E-state index contributed by atoms with van der Waals surface area (Å²) in [7, 11) is 0. The Balaban J connectivity index is 2.22. The minimum atomic E-state index is -0.637. The Kier molecular flexibility index (Phi) is 3.42. The quantitative estimate of drug-likeness (QED) is 0.583. The van der Waals surface area contributed by atoms with Crippen LogP contribution in [-0.4, -0.2) is 16.1 Å². The minimum Gasteiger partial charge on any atom is -0.446 e. The molecule has 0 saturated heterocycles. The molecule has 11 heavy (non-hydrogen) atoms. The van der Waals surface area contributed by atoms with Crippen molar-refractivity contribution < 1.29 is 9.53 Å². The summed E-state index contributed by atoms with van der Waals surface area (Å²) in [4.78, 5) is 10.3. The second-order valence-corrected chi connectivity index (χ2v) is 4.57. The molecular weight excluding hydrogens is 257 g/mol. The van der Waals surface area contributed by atoms with Gasteiger partial charge in [-0.25, -0.2) is 4.79 Å². The van der Waals surface area contributed by atoms with Crippen molar-refractivity contribution in [1.82, 2.24) is 0 Å². The van der Waals surface area contributed by atoms with Gasteiger partial charge in [0.15, 0.2) is 0 Å². The molecule has 0 atom stereocenters. The molecule has 0 spiro atoms. The van der Waals surface area contributed by atoms with Gasteiger partial charge in [0.05, 0.1) is 0 Å². The molecule has 0 aromatic heterocycles. The summed E-state index contributed by atoms with van der Waals surface area (Å²) in [5.41, 5.74) is 4.89. The van der Waals surface area contributed by atoms with Crippen molar-refractivity contribution in [3.8, 4) is 0 Å². The lowest BCUT2D eigenvalue weighted by molar-refractivity contribution is 0.0847. The molecule has 0 aliphatic heterocycles. The molecule has 0 heterocycles. The average Bonchev–Trinajstić information content (AvgIpc) is 1.93. The lowest BCUT2D eigenvalue weighted by Gasteiger charge is -2.24. The van der Waals surface area contributed by atoms with Crippen molar-refractivity contribution in [3.05, 3.63) is 0 Å². The van der Waals surface area contributed by atoms with Crippen LogP contribution < -0.4 is 5.73 Å². The maximum absolute atomic E-state index is 10.3. The normalized spacial score (nSPS) is 31.4. The third-order valence-electron chi connectivity index (χ3n) is 1.89. The Bertz CT molecular complexity index is 143. The Morgan fingerprint density at radius 3 is 2.36 bits per heavy atom. The van der Waals surface area contributed by atoms with Gasteiger partial charge in [0.2, 0.25) is 0 Å². The van der Waals surface area contributed by atoms with Crippen LogP contribution in [-0.2, 0) is 4.74 Å². The highest BCUT2D eigenvalue weighted by Crippen LogP contribution is 2.26. The van der Waals surface area contributed by atoms with Crippen LogP contribution in [0.5, 0.6) is 0 Å². The van der Waals surface area contributed by atoms with Gasteiger partial charge >= 0.3 is 6.09 Å². The largest absolute Gasteiger partial charge is 0.446 e. The number of primary amides is 1. The van der Waals surface area contributed by atoms with Gasteiger partial charge in [-0.3, -0.25) is 0 Å². The van der Waals surface area contributed by atoms with Crippen molar-refractivity contribution in [2.24, 2.45) is 5.73 Å². The number of carbonyl (C=O) groups excluding carboxylic acids is 1. The summed E-state index contributed by atoms with van der Waals surface area (Å²) in [6, 6.07) is 0. The Labute approximate surface area is 79.8 Å². The molecule has 4 heteroatoms. The average molecular weight is 269 g/mol. The molecule has 1 fully saturated rings. The van der Waals surface area contributed by atoms with E-state index in [0.717, 1.165) is 29.6 Å². The van der Waals surface area contributed by atoms with Gasteiger partial charge in [-0.05, 0) is 25.7 Å². The molecule has 0 bridgehead atoms. The van der Waals surface area contributed by atoms with Crippen LogP contribution in [0.4, 0.5) is 4.79 Å². The molecule has 64 valence electrons. The molecule has 0 aromatic carbocycles. The van der Waals surface area contributed by atoms with E-state index in [1.54, 1.807) is 0 Å². The van der Waals surface area contributed by atoms with Crippen LogP contribution in [0.25, 0.3) is 0 Å². The van der Waals surface area contributed by atoms with Crippen molar-refractivity contribution in [1.29, 1.82) is 0 Å². The van der Waals surface area contributed by atoms with E-state index in [4.69, 9.17) is 10.5 Å². The molecule has 0 radical (unpaired) electrons. The minimum absolute atomic E-state index is 0.0820. The fourth-order valence-corrected chi connectivity index (χ4v) is 2.02. The van der Waals surface area contributed by atoms with E-state index in [-0.39, 0.29) is 6.10 Å². The maximum Gasteiger partial charge on any atom is 0.404 e. The molecule has 0 unspecified atom stereocenters. The van der Waals surface area contributed by atoms with Crippen molar-refractivity contribution in [3.63, 3.8) is 0 Å². The third kappa shape index (κ3) is 3.27. The van der Waals surface area contributed by atoms with Gasteiger partial charge in [-0.1, -0.05) is 22.6 Å². The second kappa shape index (κ2) is 4.13. The van der Waals surface area contributed by atoms with Gasteiger partial charge in [0.25, 0.3) is 0 Å². The van der Waals surface area contributed by atoms with Crippen LogP contribution in [0.3, 0.4) is 0 Å². The van der Waals surface area contributed by atoms with Crippen LogP contribution in [0, 0.1) is 0 Å². The number of halogens is 1. The Hall–Kier alpha value is 0. The number of amides is 1. The van der Waals surface area contributed by atoms with Crippen molar-refractivity contribution >= 4 is 28.7 Å². The molecule has 3 nitrogen and oxygen atoms in total. The topological polar surface area (TPSA) is 52.3 Å². The predicted octanol–water partition coefficient (Wildman–Crippen LogP) is 1.83. The highest BCUT2D eigenvalue weighted by atomic mass is 127. The molecule has 1 saturated carbocycles. The number of alkyl halides is 1. The number of hydrogen-bond acceptors (Lipinski definition) is 2. The highest BCUT2D eigenvalue weighted by molar-refractivity contribution is 14.1. The zero-order chi connectivity index (χ0) is 8.27. The van der Waals surface area contributed by atoms with E-state index in [0.29, 0.717) is 0 Å². The number of rotatable bonds is 1.